The number of nitrogens with zero attached hydrogens (tertiary/aromatic N) is 1. The van der Waals surface area contributed by atoms with Crippen LogP contribution in [0.3, 0.4) is 0 Å². The third-order valence-electron chi connectivity index (χ3n) is 4.69. The number of hydrogen-bond donors (Lipinski definition) is 2. The minimum atomic E-state index is -1.02. The fourth-order valence-corrected chi connectivity index (χ4v) is 3.24. The summed E-state index contributed by atoms with van der Waals surface area (Å²) in [6.07, 6.45) is 0.495. The highest BCUT2D eigenvalue weighted by atomic mass is 19.2. The average molecular weight is 399 g/mol. The Morgan fingerprint density at radius 1 is 1.10 bits per heavy atom. The number of amides is 1. The van der Waals surface area contributed by atoms with Crippen molar-refractivity contribution in [3.8, 4) is 11.3 Å². The topological polar surface area (TPSA) is 70.9 Å². The lowest BCUT2D eigenvalue weighted by Crippen LogP contribution is -2.26. The molecule has 8 heteroatoms. The van der Waals surface area contributed by atoms with Gasteiger partial charge in [0.1, 0.15) is 5.82 Å². The summed E-state index contributed by atoms with van der Waals surface area (Å²) in [5.41, 5.74) is 2.94. The Morgan fingerprint density at radius 2 is 1.93 bits per heavy atom. The van der Waals surface area contributed by atoms with Gasteiger partial charge in [-0.25, -0.2) is 13.2 Å². The van der Waals surface area contributed by atoms with Crippen LogP contribution in [0.5, 0.6) is 0 Å². The first-order chi connectivity index (χ1) is 13.9. The molecule has 2 aromatic heterocycles. The summed E-state index contributed by atoms with van der Waals surface area (Å²) in [5.74, 6) is -2.63. The standard InChI is InChI=1S/C21H16F3N3O2/c1-11-14(15-9-13(22)3-5-18(15)26-11)6-7-25-21(28)19-10-20(29-27-19)12-2-4-16(23)17(24)8-12/h2-5,8-10,26H,6-7H2,1H3,(H,25,28). The van der Waals surface area contributed by atoms with Crippen molar-refractivity contribution in [2.24, 2.45) is 0 Å². The van der Waals surface area contributed by atoms with Crippen LogP contribution >= 0.6 is 0 Å². The Labute approximate surface area is 163 Å². The highest BCUT2D eigenvalue weighted by molar-refractivity contribution is 5.93. The Morgan fingerprint density at radius 3 is 2.72 bits per heavy atom. The van der Waals surface area contributed by atoms with Crippen molar-refractivity contribution < 1.29 is 22.5 Å². The van der Waals surface area contributed by atoms with Crippen LogP contribution in [0.15, 0.2) is 47.0 Å². The molecule has 29 heavy (non-hydrogen) atoms. The maximum atomic E-state index is 13.5. The lowest BCUT2D eigenvalue weighted by Gasteiger charge is -2.04. The molecule has 4 aromatic rings. The summed E-state index contributed by atoms with van der Waals surface area (Å²) in [5, 5.41) is 7.18. The molecule has 1 amide bonds. The van der Waals surface area contributed by atoms with E-state index < -0.39 is 17.5 Å². The number of carbonyl (C=O) groups is 1. The van der Waals surface area contributed by atoms with Crippen molar-refractivity contribution in [1.29, 1.82) is 0 Å². The van der Waals surface area contributed by atoms with E-state index in [9.17, 15) is 18.0 Å². The van der Waals surface area contributed by atoms with Crippen LogP contribution < -0.4 is 5.32 Å². The molecule has 0 saturated carbocycles. The molecule has 0 fully saturated rings. The van der Waals surface area contributed by atoms with Crippen molar-refractivity contribution in [2.75, 3.05) is 6.54 Å². The van der Waals surface area contributed by atoms with Gasteiger partial charge in [0.15, 0.2) is 23.1 Å². The number of H-pyrrole nitrogens is 1. The predicted molar refractivity (Wildman–Crippen MR) is 101 cm³/mol. The minimum Gasteiger partial charge on any atom is -0.358 e. The monoisotopic (exact) mass is 399 g/mol. The number of hydrogen-bond acceptors (Lipinski definition) is 3. The van der Waals surface area contributed by atoms with Crippen LogP contribution in [0.4, 0.5) is 13.2 Å². The summed E-state index contributed by atoms with van der Waals surface area (Å²) < 4.78 is 45.0. The van der Waals surface area contributed by atoms with E-state index in [1.54, 1.807) is 6.07 Å². The third kappa shape index (κ3) is 3.73. The number of aromatic nitrogens is 2. The second-order valence-corrected chi connectivity index (χ2v) is 6.63. The molecule has 0 unspecified atom stereocenters. The van der Waals surface area contributed by atoms with Crippen LogP contribution in [-0.4, -0.2) is 22.6 Å². The van der Waals surface area contributed by atoms with Gasteiger partial charge in [0.2, 0.25) is 0 Å². The van der Waals surface area contributed by atoms with E-state index in [-0.39, 0.29) is 22.8 Å². The number of carbonyl (C=O) groups excluding carboxylic acids is 1. The first-order valence-corrected chi connectivity index (χ1v) is 8.89. The van der Waals surface area contributed by atoms with E-state index in [4.69, 9.17) is 4.52 Å². The van der Waals surface area contributed by atoms with E-state index in [0.717, 1.165) is 34.3 Å². The molecule has 4 rings (SSSR count). The summed E-state index contributed by atoms with van der Waals surface area (Å²) in [4.78, 5) is 15.5. The van der Waals surface area contributed by atoms with Crippen LogP contribution in [0.2, 0.25) is 0 Å². The Balaban J connectivity index is 1.43. The summed E-state index contributed by atoms with van der Waals surface area (Å²) in [6, 6.07) is 9.15. The lowest BCUT2D eigenvalue weighted by molar-refractivity contribution is 0.0945. The fourth-order valence-electron chi connectivity index (χ4n) is 3.24. The lowest BCUT2D eigenvalue weighted by atomic mass is 10.1. The molecule has 0 aliphatic rings. The molecular formula is C21H16F3N3O2. The molecule has 0 bridgehead atoms. The molecule has 0 aliphatic heterocycles. The number of fused-ring (bicyclic) bond motifs is 1. The zero-order valence-electron chi connectivity index (χ0n) is 15.4. The van der Waals surface area contributed by atoms with Gasteiger partial charge in [-0.3, -0.25) is 4.79 Å². The molecule has 0 aliphatic carbocycles. The van der Waals surface area contributed by atoms with Gasteiger partial charge in [0.25, 0.3) is 5.91 Å². The first-order valence-electron chi connectivity index (χ1n) is 8.89. The molecule has 0 radical (unpaired) electrons. The molecule has 0 spiro atoms. The third-order valence-corrected chi connectivity index (χ3v) is 4.69. The Hall–Kier alpha value is -3.55. The molecule has 2 aromatic carbocycles. The Kier molecular flexibility index (Phi) is 4.84. The van der Waals surface area contributed by atoms with Gasteiger partial charge in [-0.05, 0) is 55.3 Å². The molecule has 148 valence electrons. The van der Waals surface area contributed by atoms with E-state index >= 15 is 0 Å². The molecule has 5 nitrogen and oxygen atoms in total. The molecule has 0 atom stereocenters. The van der Waals surface area contributed by atoms with Crippen LogP contribution in [0.1, 0.15) is 21.7 Å². The smallest absolute Gasteiger partial charge is 0.273 e. The van der Waals surface area contributed by atoms with Crippen molar-refractivity contribution in [2.45, 2.75) is 13.3 Å². The number of aromatic amines is 1. The Bertz CT molecular complexity index is 1210. The second kappa shape index (κ2) is 7.46. The van der Waals surface area contributed by atoms with E-state index in [1.807, 2.05) is 6.92 Å². The molecular weight excluding hydrogens is 383 g/mol. The highest BCUT2D eigenvalue weighted by Gasteiger charge is 2.16. The molecule has 2 heterocycles. The summed E-state index contributed by atoms with van der Waals surface area (Å²) >= 11 is 0. The first kappa shape index (κ1) is 18.8. The number of nitrogens with one attached hydrogen (secondary N) is 2. The van der Waals surface area contributed by atoms with Crippen molar-refractivity contribution in [3.05, 3.63) is 76.9 Å². The van der Waals surface area contributed by atoms with Crippen LogP contribution in [0.25, 0.3) is 22.2 Å². The minimum absolute atomic E-state index is 0.0198. The van der Waals surface area contributed by atoms with Gasteiger partial charge < -0.3 is 14.8 Å². The summed E-state index contributed by atoms with van der Waals surface area (Å²) in [7, 11) is 0. The maximum Gasteiger partial charge on any atom is 0.273 e. The predicted octanol–water partition coefficient (Wildman–Crippen LogP) is 4.52. The average Bonchev–Trinajstić information content (AvgIpc) is 3.29. The quantitative estimate of drug-likeness (QED) is 0.518. The fraction of sp³-hybridized carbons (Fsp3) is 0.143. The number of rotatable bonds is 5. The van der Waals surface area contributed by atoms with Gasteiger partial charge in [0.05, 0.1) is 0 Å². The van der Waals surface area contributed by atoms with Crippen molar-refractivity contribution in [3.63, 3.8) is 0 Å². The number of aryl methyl sites for hydroxylation is 1. The number of halogens is 3. The van der Waals surface area contributed by atoms with Gasteiger partial charge >= 0.3 is 0 Å². The molecule has 0 saturated heterocycles. The second-order valence-electron chi connectivity index (χ2n) is 6.63. The zero-order chi connectivity index (χ0) is 20.5. The van der Waals surface area contributed by atoms with Crippen molar-refractivity contribution in [1.82, 2.24) is 15.5 Å². The van der Waals surface area contributed by atoms with E-state index in [1.165, 1.54) is 24.3 Å². The zero-order valence-corrected chi connectivity index (χ0v) is 15.4. The van der Waals surface area contributed by atoms with Crippen LogP contribution in [0, 0.1) is 24.4 Å². The highest BCUT2D eigenvalue weighted by Crippen LogP contribution is 2.24. The van der Waals surface area contributed by atoms with Gasteiger partial charge in [-0.2, -0.15) is 0 Å². The van der Waals surface area contributed by atoms with E-state index in [2.05, 4.69) is 15.5 Å². The molecule has 2 N–H and O–H groups in total. The SMILES string of the molecule is Cc1[nH]c2ccc(F)cc2c1CCNC(=O)c1cc(-c2ccc(F)c(F)c2)on1. The summed E-state index contributed by atoms with van der Waals surface area (Å²) in [6.45, 7) is 2.19. The van der Waals surface area contributed by atoms with Gasteiger partial charge in [-0.1, -0.05) is 5.16 Å². The normalized spacial score (nSPS) is 11.2. The van der Waals surface area contributed by atoms with Gasteiger partial charge in [-0.15, -0.1) is 0 Å². The van der Waals surface area contributed by atoms with E-state index in [0.29, 0.717) is 13.0 Å². The largest absolute Gasteiger partial charge is 0.358 e. The van der Waals surface area contributed by atoms with Gasteiger partial charge in [0, 0.05) is 34.8 Å². The number of benzene rings is 2. The van der Waals surface area contributed by atoms with Crippen LogP contribution in [-0.2, 0) is 6.42 Å². The maximum absolute atomic E-state index is 13.5. The van der Waals surface area contributed by atoms with Crippen molar-refractivity contribution >= 4 is 16.8 Å².